The SMILES string of the molecule is Cc1c(Cl)cccc1C1(Nc2ccc3c(c2)N(C)C(=O)C3(C)C)CCC1. The van der Waals surface area contributed by atoms with Gasteiger partial charge in [0.1, 0.15) is 0 Å². The Morgan fingerprint density at radius 3 is 2.50 bits per heavy atom. The summed E-state index contributed by atoms with van der Waals surface area (Å²) in [6.45, 7) is 6.08. The molecule has 0 unspecified atom stereocenters. The van der Waals surface area contributed by atoms with Crippen molar-refractivity contribution in [1.82, 2.24) is 0 Å². The number of halogens is 1. The molecule has 1 amide bonds. The lowest BCUT2D eigenvalue weighted by atomic mass is 9.70. The van der Waals surface area contributed by atoms with Crippen LogP contribution >= 0.6 is 11.6 Å². The van der Waals surface area contributed by atoms with Gasteiger partial charge in [0.2, 0.25) is 5.91 Å². The molecule has 2 aromatic rings. The fraction of sp³-hybridized carbons (Fsp3) is 0.409. The summed E-state index contributed by atoms with van der Waals surface area (Å²) in [5.74, 6) is 0.147. The Morgan fingerprint density at radius 2 is 1.85 bits per heavy atom. The van der Waals surface area contributed by atoms with Gasteiger partial charge >= 0.3 is 0 Å². The highest BCUT2D eigenvalue weighted by molar-refractivity contribution is 6.31. The molecule has 136 valence electrons. The van der Waals surface area contributed by atoms with Crippen LogP contribution in [0.25, 0.3) is 0 Å². The van der Waals surface area contributed by atoms with Gasteiger partial charge < -0.3 is 10.2 Å². The van der Waals surface area contributed by atoms with E-state index in [1.165, 1.54) is 12.0 Å². The van der Waals surface area contributed by atoms with Crippen molar-refractivity contribution in [3.8, 4) is 0 Å². The number of fused-ring (bicyclic) bond motifs is 1. The zero-order valence-electron chi connectivity index (χ0n) is 15.8. The van der Waals surface area contributed by atoms with E-state index < -0.39 is 5.41 Å². The van der Waals surface area contributed by atoms with E-state index in [4.69, 9.17) is 11.6 Å². The van der Waals surface area contributed by atoms with E-state index in [1.54, 1.807) is 4.90 Å². The molecule has 0 bridgehead atoms. The molecule has 1 N–H and O–H groups in total. The van der Waals surface area contributed by atoms with Gasteiger partial charge in [0.15, 0.2) is 0 Å². The molecule has 4 rings (SSSR count). The molecular formula is C22H25ClN2O. The first kappa shape index (κ1) is 17.4. The molecule has 2 aromatic carbocycles. The minimum absolute atomic E-state index is 0.0695. The molecule has 0 radical (unpaired) electrons. The van der Waals surface area contributed by atoms with Crippen molar-refractivity contribution in [2.24, 2.45) is 0 Å². The third-order valence-electron chi connectivity index (χ3n) is 6.25. The van der Waals surface area contributed by atoms with Crippen LogP contribution in [0.2, 0.25) is 5.02 Å². The molecule has 4 heteroatoms. The fourth-order valence-corrected chi connectivity index (χ4v) is 4.63. The summed E-state index contributed by atoms with van der Waals surface area (Å²) in [5, 5.41) is 4.59. The van der Waals surface area contributed by atoms with Crippen molar-refractivity contribution in [3.63, 3.8) is 0 Å². The number of anilines is 2. The van der Waals surface area contributed by atoms with Crippen molar-refractivity contribution >= 4 is 28.9 Å². The first-order chi connectivity index (χ1) is 12.3. The maximum Gasteiger partial charge on any atom is 0.236 e. The normalized spacial score (nSPS) is 19.9. The maximum absolute atomic E-state index is 12.5. The highest BCUT2D eigenvalue weighted by Crippen LogP contribution is 2.48. The van der Waals surface area contributed by atoms with Crippen LogP contribution in [0.4, 0.5) is 11.4 Å². The van der Waals surface area contributed by atoms with Crippen LogP contribution in [0.5, 0.6) is 0 Å². The number of likely N-dealkylation sites (N-methyl/N-ethyl adjacent to an activating group) is 1. The lowest BCUT2D eigenvalue weighted by molar-refractivity contribution is -0.121. The molecule has 1 saturated carbocycles. The molecule has 0 spiro atoms. The Hall–Kier alpha value is -2.00. The van der Waals surface area contributed by atoms with Gasteiger partial charge in [0, 0.05) is 23.4 Å². The number of carbonyl (C=O) groups excluding carboxylic acids is 1. The second-order valence-corrected chi connectivity index (χ2v) is 8.60. The zero-order valence-corrected chi connectivity index (χ0v) is 16.6. The Balaban J connectivity index is 1.72. The van der Waals surface area contributed by atoms with E-state index in [1.807, 2.05) is 33.0 Å². The van der Waals surface area contributed by atoms with Crippen LogP contribution in [0.15, 0.2) is 36.4 Å². The summed E-state index contributed by atoms with van der Waals surface area (Å²) < 4.78 is 0. The van der Waals surface area contributed by atoms with E-state index in [-0.39, 0.29) is 11.4 Å². The van der Waals surface area contributed by atoms with Crippen molar-refractivity contribution in [3.05, 3.63) is 58.1 Å². The second kappa shape index (κ2) is 5.75. The smallest absolute Gasteiger partial charge is 0.236 e. The summed E-state index contributed by atoms with van der Waals surface area (Å²) in [6, 6.07) is 12.5. The van der Waals surface area contributed by atoms with Crippen LogP contribution in [0.1, 0.15) is 49.8 Å². The highest BCUT2D eigenvalue weighted by Gasteiger charge is 2.43. The van der Waals surface area contributed by atoms with Gasteiger partial charge in [-0.1, -0.05) is 29.8 Å². The minimum Gasteiger partial charge on any atom is -0.375 e. The average molecular weight is 369 g/mol. The van der Waals surface area contributed by atoms with E-state index >= 15 is 0 Å². The van der Waals surface area contributed by atoms with Crippen molar-refractivity contribution in [2.45, 2.75) is 51.0 Å². The fourth-order valence-electron chi connectivity index (χ4n) is 4.45. The zero-order chi connectivity index (χ0) is 18.7. The van der Waals surface area contributed by atoms with E-state index in [2.05, 4.69) is 36.5 Å². The van der Waals surface area contributed by atoms with Crippen molar-refractivity contribution in [2.75, 3.05) is 17.3 Å². The van der Waals surface area contributed by atoms with Crippen LogP contribution < -0.4 is 10.2 Å². The Labute approximate surface area is 160 Å². The number of amides is 1. The Kier molecular flexibility index (Phi) is 3.85. The first-order valence-corrected chi connectivity index (χ1v) is 9.60. The standard InChI is InChI=1S/C22H25ClN2O/c1-14-16(7-5-8-18(14)23)22(11-6-12-22)24-15-9-10-17-19(13-15)25(4)20(26)21(17,2)3/h5,7-10,13,24H,6,11-12H2,1-4H3. The maximum atomic E-state index is 12.5. The molecule has 1 aliphatic carbocycles. The van der Waals surface area contributed by atoms with Crippen LogP contribution in [0.3, 0.4) is 0 Å². The number of rotatable bonds is 3. The Morgan fingerprint density at radius 1 is 1.12 bits per heavy atom. The van der Waals surface area contributed by atoms with Crippen LogP contribution in [-0.4, -0.2) is 13.0 Å². The van der Waals surface area contributed by atoms with Gasteiger partial charge in [0.05, 0.1) is 11.0 Å². The third kappa shape index (κ3) is 2.37. The van der Waals surface area contributed by atoms with Crippen LogP contribution in [-0.2, 0) is 15.7 Å². The van der Waals surface area contributed by atoms with E-state index in [9.17, 15) is 4.79 Å². The molecule has 1 heterocycles. The lowest BCUT2D eigenvalue weighted by Crippen LogP contribution is -2.42. The monoisotopic (exact) mass is 368 g/mol. The average Bonchev–Trinajstić information content (AvgIpc) is 2.75. The number of nitrogens with one attached hydrogen (secondary N) is 1. The van der Waals surface area contributed by atoms with Crippen molar-refractivity contribution in [1.29, 1.82) is 0 Å². The summed E-state index contributed by atoms with van der Waals surface area (Å²) in [5.41, 5.74) is 5.05. The Bertz CT molecular complexity index is 899. The van der Waals surface area contributed by atoms with Crippen LogP contribution in [0, 0.1) is 6.92 Å². The second-order valence-electron chi connectivity index (χ2n) is 8.19. The molecule has 0 saturated heterocycles. The summed E-state index contributed by atoms with van der Waals surface area (Å²) in [6.07, 6.45) is 3.38. The number of benzene rings is 2. The minimum atomic E-state index is -0.458. The van der Waals surface area contributed by atoms with Gasteiger partial charge in [-0.25, -0.2) is 0 Å². The number of nitrogens with zero attached hydrogens (tertiary/aromatic N) is 1. The summed E-state index contributed by atoms with van der Waals surface area (Å²) in [4.78, 5) is 14.3. The molecule has 26 heavy (non-hydrogen) atoms. The molecule has 1 fully saturated rings. The largest absolute Gasteiger partial charge is 0.375 e. The van der Waals surface area contributed by atoms with Gasteiger partial charge in [-0.15, -0.1) is 0 Å². The lowest BCUT2D eigenvalue weighted by Gasteiger charge is -2.45. The molecular weight excluding hydrogens is 344 g/mol. The van der Waals surface area contributed by atoms with Gasteiger partial charge in [-0.2, -0.15) is 0 Å². The number of carbonyl (C=O) groups is 1. The summed E-state index contributed by atoms with van der Waals surface area (Å²) in [7, 11) is 1.86. The van der Waals surface area contributed by atoms with Gasteiger partial charge in [-0.3, -0.25) is 4.79 Å². The topological polar surface area (TPSA) is 32.3 Å². The highest BCUT2D eigenvalue weighted by atomic mass is 35.5. The third-order valence-corrected chi connectivity index (χ3v) is 6.66. The van der Waals surface area contributed by atoms with Gasteiger partial charge in [-0.05, 0) is 74.9 Å². The van der Waals surface area contributed by atoms with Crippen molar-refractivity contribution < 1.29 is 4.79 Å². The number of hydrogen-bond acceptors (Lipinski definition) is 2. The van der Waals surface area contributed by atoms with Gasteiger partial charge in [0.25, 0.3) is 0 Å². The first-order valence-electron chi connectivity index (χ1n) is 9.23. The predicted molar refractivity (Wildman–Crippen MR) is 108 cm³/mol. The molecule has 0 aromatic heterocycles. The molecule has 0 atom stereocenters. The predicted octanol–water partition coefficient (Wildman–Crippen LogP) is 5.39. The molecule has 3 nitrogen and oxygen atoms in total. The molecule has 2 aliphatic rings. The van der Waals surface area contributed by atoms with E-state index in [0.717, 1.165) is 40.4 Å². The summed E-state index contributed by atoms with van der Waals surface area (Å²) >= 11 is 6.38. The molecule has 1 aliphatic heterocycles. The van der Waals surface area contributed by atoms with E-state index in [0.29, 0.717) is 0 Å². The number of hydrogen-bond donors (Lipinski definition) is 1. The quantitative estimate of drug-likeness (QED) is 0.787.